The van der Waals surface area contributed by atoms with Crippen LogP contribution in [0.2, 0.25) is 0 Å². The summed E-state index contributed by atoms with van der Waals surface area (Å²) in [7, 11) is 0. The van der Waals surface area contributed by atoms with Crippen LogP contribution in [0.4, 0.5) is 0 Å². The molecule has 2 N–H and O–H groups in total. The van der Waals surface area contributed by atoms with Gasteiger partial charge in [-0.1, -0.05) is 39.8 Å². The van der Waals surface area contributed by atoms with Crippen molar-refractivity contribution in [2.75, 3.05) is 0 Å². The van der Waals surface area contributed by atoms with Crippen molar-refractivity contribution in [2.45, 2.75) is 104 Å². The number of allylic oxidation sites excluding steroid dienone is 1. The fraction of sp³-hybridized carbons (Fsp3) is 0.833. The number of rotatable bonds is 1. The van der Waals surface area contributed by atoms with Gasteiger partial charge < -0.3 is 19.7 Å². The Morgan fingerprint density at radius 1 is 0.971 bits per heavy atom. The molecule has 4 saturated carbocycles. The van der Waals surface area contributed by atoms with Crippen LogP contribution in [0, 0.1) is 50.7 Å². The summed E-state index contributed by atoms with van der Waals surface area (Å²) in [5.41, 5.74) is 1.51. The summed E-state index contributed by atoms with van der Waals surface area (Å²) < 4.78 is 11.6. The van der Waals surface area contributed by atoms with E-state index in [0.717, 1.165) is 6.42 Å². The maximum Gasteiger partial charge on any atom is 0.336 e. The first-order valence-electron chi connectivity index (χ1n) is 14.0. The van der Waals surface area contributed by atoms with Crippen LogP contribution in [0.15, 0.2) is 23.8 Å². The molecule has 5 nitrogen and oxygen atoms in total. The smallest absolute Gasteiger partial charge is 0.336 e. The predicted molar refractivity (Wildman–Crippen MR) is 131 cm³/mol. The molecule has 5 fully saturated rings. The Hall–Kier alpha value is -1.17. The van der Waals surface area contributed by atoms with Gasteiger partial charge in [0.05, 0.1) is 6.10 Å². The number of hydrogen-bond donors (Lipinski definition) is 2. The van der Waals surface area contributed by atoms with Gasteiger partial charge in [-0.15, -0.1) is 0 Å². The first-order chi connectivity index (χ1) is 16.3. The van der Waals surface area contributed by atoms with Crippen molar-refractivity contribution in [3.63, 3.8) is 0 Å². The molecule has 0 aromatic heterocycles. The van der Waals surface area contributed by atoms with Gasteiger partial charge in [-0.3, -0.25) is 0 Å². The number of carbonyl (C=O) groups is 1. The molecule has 3 spiro atoms. The normalized spacial score (nSPS) is 59.4. The van der Waals surface area contributed by atoms with Crippen molar-refractivity contribution >= 4 is 5.97 Å². The minimum absolute atomic E-state index is 0.0148. The third-order valence-electron chi connectivity index (χ3n) is 13.4. The molecule has 0 unspecified atom stereocenters. The molecule has 0 radical (unpaired) electrons. The van der Waals surface area contributed by atoms with E-state index in [0.29, 0.717) is 35.2 Å². The zero-order valence-electron chi connectivity index (χ0n) is 22.0. The van der Waals surface area contributed by atoms with E-state index in [1.165, 1.54) is 38.5 Å². The predicted octanol–water partition coefficient (Wildman–Crippen LogP) is 5.12. The maximum atomic E-state index is 12.1. The average Bonchev–Trinajstić information content (AvgIpc) is 3.08. The average molecular weight is 483 g/mol. The lowest BCUT2D eigenvalue weighted by molar-refractivity contribution is -0.226. The Bertz CT molecular complexity index is 1060. The molecule has 0 aromatic carbocycles. The number of aliphatic hydroxyl groups excluding tert-OH is 2. The van der Waals surface area contributed by atoms with Crippen molar-refractivity contribution in [2.24, 2.45) is 50.7 Å². The summed E-state index contributed by atoms with van der Waals surface area (Å²) in [6.07, 6.45) is 14.1. The largest absolute Gasteiger partial charge is 0.426 e. The molecule has 5 heteroatoms. The lowest BCUT2D eigenvalue weighted by Gasteiger charge is -2.62. The first kappa shape index (κ1) is 23.0. The molecule has 0 aromatic rings. The van der Waals surface area contributed by atoms with Crippen LogP contribution >= 0.6 is 0 Å². The van der Waals surface area contributed by atoms with Gasteiger partial charge in [-0.2, -0.15) is 0 Å². The second kappa shape index (κ2) is 6.45. The maximum absolute atomic E-state index is 12.1. The van der Waals surface area contributed by atoms with Crippen molar-refractivity contribution in [3.8, 4) is 0 Å². The van der Waals surface area contributed by atoms with Gasteiger partial charge >= 0.3 is 5.97 Å². The minimum Gasteiger partial charge on any atom is -0.426 e. The Morgan fingerprint density at radius 2 is 1.71 bits per heavy atom. The Morgan fingerprint density at radius 3 is 2.43 bits per heavy atom. The van der Waals surface area contributed by atoms with E-state index in [2.05, 4.69) is 39.8 Å². The molecule has 2 heterocycles. The Kier molecular flexibility index (Phi) is 4.23. The van der Waals surface area contributed by atoms with E-state index in [1.807, 2.05) is 0 Å². The lowest BCUT2D eigenvalue weighted by Crippen LogP contribution is -2.57. The summed E-state index contributed by atoms with van der Waals surface area (Å²) >= 11 is 0. The van der Waals surface area contributed by atoms with E-state index in [4.69, 9.17) is 9.47 Å². The summed E-state index contributed by atoms with van der Waals surface area (Å²) in [5, 5.41) is 21.9. The minimum atomic E-state index is -1.07. The highest BCUT2D eigenvalue weighted by Crippen LogP contribution is 2.88. The summed E-state index contributed by atoms with van der Waals surface area (Å²) in [6.45, 7) is 11.4. The second-order valence-electron chi connectivity index (χ2n) is 14.6. The second-order valence-corrected chi connectivity index (χ2v) is 14.6. The molecule has 0 bridgehead atoms. The molecule has 35 heavy (non-hydrogen) atoms. The molecule has 7 aliphatic rings. The van der Waals surface area contributed by atoms with Gasteiger partial charge in [0.2, 0.25) is 5.79 Å². The fourth-order valence-corrected chi connectivity index (χ4v) is 11.4. The number of esters is 1. The van der Waals surface area contributed by atoms with Gasteiger partial charge in [-0.25, -0.2) is 4.79 Å². The Balaban J connectivity index is 1.21. The SMILES string of the molecule is CC1=C[C@@]2(C[C@H]([C@H]3CC[C@@]4(C)[C@@H]5CC[C@H]6C(C)(C)[C@@H](O)C=C[C@@]67C[C@@]57CC[C@]34C)[C@@H](O)O2)OC1=O. The molecule has 11 atom stereocenters. The van der Waals surface area contributed by atoms with E-state index in [-0.39, 0.29) is 39.7 Å². The van der Waals surface area contributed by atoms with Crippen LogP contribution in [-0.4, -0.2) is 34.4 Å². The molecule has 2 aliphatic heterocycles. The summed E-state index contributed by atoms with van der Waals surface area (Å²) in [5.74, 6) is 0.191. The lowest BCUT2D eigenvalue weighted by atomic mass is 9.42. The van der Waals surface area contributed by atoms with Crippen LogP contribution in [0.1, 0.15) is 86.0 Å². The highest BCUT2D eigenvalue weighted by molar-refractivity contribution is 5.90. The number of carbonyl (C=O) groups excluding carboxylic acids is 1. The molecule has 192 valence electrons. The third kappa shape index (κ3) is 2.45. The number of fused-ring (bicyclic) bond motifs is 2. The fourth-order valence-electron chi connectivity index (χ4n) is 11.4. The number of hydrogen-bond acceptors (Lipinski definition) is 5. The van der Waals surface area contributed by atoms with Crippen molar-refractivity contribution < 1.29 is 24.5 Å². The van der Waals surface area contributed by atoms with E-state index in [1.54, 1.807) is 13.0 Å². The van der Waals surface area contributed by atoms with Gasteiger partial charge in [0.15, 0.2) is 6.29 Å². The van der Waals surface area contributed by atoms with E-state index in [9.17, 15) is 15.0 Å². The Labute approximate surface area is 209 Å². The van der Waals surface area contributed by atoms with E-state index >= 15 is 0 Å². The number of ether oxygens (including phenoxy) is 2. The van der Waals surface area contributed by atoms with Crippen LogP contribution in [0.5, 0.6) is 0 Å². The van der Waals surface area contributed by atoms with Crippen LogP contribution in [0.25, 0.3) is 0 Å². The zero-order chi connectivity index (χ0) is 24.8. The zero-order valence-corrected chi connectivity index (χ0v) is 22.0. The van der Waals surface area contributed by atoms with Gasteiger partial charge in [0.1, 0.15) is 0 Å². The van der Waals surface area contributed by atoms with Crippen LogP contribution in [-0.2, 0) is 14.3 Å². The summed E-state index contributed by atoms with van der Waals surface area (Å²) in [6, 6.07) is 0. The summed E-state index contributed by atoms with van der Waals surface area (Å²) in [4.78, 5) is 12.1. The third-order valence-corrected chi connectivity index (χ3v) is 13.4. The molecular formula is C30H42O5. The molecule has 7 rings (SSSR count). The van der Waals surface area contributed by atoms with Gasteiger partial charge in [0.25, 0.3) is 0 Å². The van der Waals surface area contributed by atoms with Crippen LogP contribution in [0.3, 0.4) is 0 Å². The quantitative estimate of drug-likeness (QED) is 0.401. The van der Waals surface area contributed by atoms with Crippen molar-refractivity contribution in [3.05, 3.63) is 23.8 Å². The molecular weight excluding hydrogens is 440 g/mol. The molecule has 0 amide bonds. The highest BCUT2D eigenvalue weighted by atomic mass is 16.8. The number of aliphatic hydroxyl groups is 2. The van der Waals surface area contributed by atoms with Gasteiger partial charge in [0, 0.05) is 17.9 Å². The van der Waals surface area contributed by atoms with Crippen molar-refractivity contribution in [1.29, 1.82) is 0 Å². The van der Waals surface area contributed by atoms with Crippen molar-refractivity contribution in [1.82, 2.24) is 0 Å². The first-order valence-corrected chi connectivity index (χ1v) is 14.0. The highest BCUT2D eigenvalue weighted by Gasteiger charge is 2.81. The topological polar surface area (TPSA) is 76.0 Å². The van der Waals surface area contributed by atoms with Crippen LogP contribution < -0.4 is 0 Å². The monoisotopic (exact) mass is 482 g/mol. The van der Waals surface area contributed by atoms with E-state index < -0.39 is 12.1 Å². The standard InChI is InChI=1S/C30H42O5/c1-17-14-30(34-23(17)32)15-18(24(33)35-30)19-8-10-27(5)21-7-6-20-25(2,3)22(31)9-11-28(20)16-29(21,28)13-12-26(19,27)4/h9,11,14,18-22,24,31,33H,6-8,10,12-13,15-16H2,1-5H3/t18-,19-,20+,21+,22+,24+,26-,27+,28-,29+,30-/m1/s1. The van der Waals surface area contributed by atoms with Gasteiger partial charge in [-0.05, 0) is 103 Å². The molecule has 1 saturated heterocycles. The molecule has 5 aliphatic carbocycles.